The maximum atomic E-state index is 11.3. The highest BCUT2D eigenvalue weighted by Gasteiger charge is 2.34. The summed E-state index contributed by atoms with van der Waals surface area (Å²) in [7, 11) is -3.75. The largest absolute Gasteiger partial charge is 0.480 e. The predicted molar refractivity (Wildman–Crippen MR) is 50.2 cm³/mol. The molecular formula is C7H14N2O4S. The third-order valence-corrected chi connectivity index (χ3v) is 4.11. The molecule has 14 heavy (non-hydrogen) atoms. The monoisotopic (exact) mass is 222 g/mol. The summed E-state index contributed by atoms with van der Waals surface area (Å²) in [6, 6.07) is -0.167. The molecule has 1 saturated carbocycles. The van der Waals surface area contributed by atoms with Gasteiger partial charge in [0.1, 0.15) is 0 Å². The van der Waals surface area contributed by atoms with Crippen LogP contribution in [0, 0.1) is 0 Å². The van der Waals surface area contributed by atoms with Crippen molar-refractivity contribution in [2.75, 3.05) is 0 Å². The van der Waals surface area contributed by atoms with Crippen LogP contribution in [0.2, 0.25) is 0 Å². The van der Waals surface area contributed by atoms with Crippen LogP contribution in [0.1, 0.15) is 19.8 Å². The molecule has 6 nitrogen and oxygen atoms in total. The van der Waals surface area contributed by atoms with Crippen LogP contribution in [0.25, 0.3) is 0 Å². The Hall–Kier alpha value is -0.660. The van der Waals surface area contributed by atoms with Gasteiger partial charge in [-0.25, -0.2) is 13.1 Å². The molecule has 0 radical (unpaired) electrons. The molecule has 82 valence electrons. The van der Waals surface area contributed by atoms with Crippen LogP contribution in [-0.2, 0) is 14.8 Å². The number of nitrogens with two attached hydrogens (primary N) is 1. The molecule has 0 aromatic heterocycles. The number of carboxylic acid groups (broad SMARTS) is 1. The van der Waals surface area contributed by atoms with Crippen molar-refractivity contribution < 1.29 is 18.3 Å². The molecule has 7 heteroatoms. The quantitative estimate of drug-likeness (QED) is 0.557. The minimum Gasteiger partial charge on any atom is -0.480 e. The van der Waals surface area contributed by atoms with Gasteiger partial charge in [0, 0.05) is 12.1 Å². The van der Waals surface area contributed by atoms with Crippen LogP contribution in [-0.4, -0.2) is 36.8 Å². The van der Waals surface area contributed by atoms with Crippen LogP contribution in [0.3, 0.4) is 0 Å². The number of sulfonamides is 1. The van der Waals surface area contributed by atoms with Gasteiger partial charge in [0.25, 0.3) is 0 Å². The normalized spacial score (nSPS) is 29.3. The van der Waals surface area contributed by atoms with E-state index in [1.807, 2.05) is 0 Å². The summed E-state index contributed by atoms with van der Waals surface area (Å²) in [4.78, 5) is 10.5. The first-order chi connectivity index (χ1) is 6.33. The van der Waals surface area contributed by atoms with Crippen LogP contribution < -0.4 is 10.5 Å². The fraction of sp³-hybridized carbons (Fsp3) is 0.857. The number of rotatable bonds is 4. The van der Waals surface area contributed by atoms with Crippen LogP contribution >= 0.6 is 0 Å². The molecule has 0 aromatic rings. The molecule has 0 heterocycles. The highest BCUT2D eigenvalue weighted by atomic mass is 32.2. The molecule has 1 aliphatic rings. The molecule has 0 bridgehead atoms. The predicted octanol–water partition coefficient (Wildman–Crippen LogP) is -1.13. The number of aliphatic carboxylic acids is 1. The Balaban J connectivity index is 2.54. The van der Waals surface area contributed by atoms with Gasteiger partial charge in [0.15, 0.2) is 5.25 Å². The Bertz CT molecular complexity index is 321. The zero-order valence-electron chi connectivity index (χ0n) is 7.80. The van der Waals surface area contributed by atoms with E-state index in [-0.39, 0.29) is 12.1 Å². The highest BCUT2D eigenvalue weighted by Crippen LogP contribution is 2.19. The van der Waals surface area contributed by atoms with E-state index in [1.54, 1.807) is 0 Å². The summed E-state index contributed by atoms with van der Waals surface area (Å²) in [6.45, 7) is 1.14. The Morgan fingerprint density at radius 1 is 1.57 bits per heavy atom. The second-order valence-electron chi connectivity index (χ2n) is 3.57. The third-order valence-electron chi connectivity index (χ3n) is 2.32. The zero-order chi connectivity index (χ0) is 10.9. The first kappa shape index (κ1) is 11.4. The molecular weight excluding hydrogens is 208 g/mol. The van der Waals surface area contributed by atoms with E-state index >= 15 is 0 Å². The lowest BCUT2D eigenvalue weighted by molar-refractivity contribution is -0.136. The summed E-state index contributed by atoms with van der Waals surface area (Å²) < 4.78 is 25.0. The molecule has 0 spiro atoms. The van der Waals surface area contributed by atoms with Crippen LogP contribution in [0.5, 0.6) is 0 Å². The van der Waals surface area contributed by atoms with Gasteiger partial charge in [-0.3, -0.25) is 4.79 Å². The van der Waals surface area contributed by atoms with Crippen LogP contribution in [0.4, 0.5) is 0 Å². The van der Waals surface area contributed by atoms with Gasteiger partial charge in [-0.05, 0) is 19.8 Å². The molecule has 1 aliphatic carbocycles. The minimum atomic E-state index is -3.75. The zero-order valence-corrected chi connectivity index (χ0v) is 8.62. The van der Waals surface area contributed by atoms with E-state index in [4.69, 9.17) is 10.8 Å². The molecule has 1 rings (SSSR count). The second kappa shape index (κ2) is 3.84. The molecule has 0 aromatic carbocycles. The molecule has 1 atom stereocenters. The number of nitrogens with one attached hydrogen (secondary N) is 1. The fourth-order valence-corrected chi connectivity index (χ4v) is 2.35. The fourth-order valence-electron chi connectivity index (χ4n) is 1.23. The molecule has 0 aliphatic heterocycles. The Kier molecular flexibility index (Phi) is 3.13. The maximum absolute atomic E-state index is 11.3. The topological polar surface area (TPSA) is 109 Å². The number of hydrogen-bond donors (Lipinski definition) is 3. The average molecular weight is 222 g/mol. The van der Waals surface area contributed by atoms with Crippen molar-refractivity contribution in [2.45, 2.75) is 37.1 Å². The van der Waals surface area contributed by atoms with E-state index in [0.717, 1.165) is 6.92 Å². The molecule has 0 saturated heterocycles. The van der Waals surface area contributed by atoms with Gasteiger partial charge in [-0.15, -0.1) is 0 Å². The molecule has 0 amide bonds. The standard InChI is InChI=1S/C7H14N2O4S/c1-4(7(10)11)14(12,13)9-6-2-5(8)3-6/h4-6,9H,2-3,8H2,1H3,(H,10,11). The molecule has 4 N–H and O–H groups in total. The van der Waals surface area contributed by atoms with Gasteiger partial charge in [-0.1, -0.05) is 0 Å². The summed E-state index contributed by atoms with van der Waals surface area (Å²) >= 11 is 0. The Morgan fingerprint density at radius 2 is 2.07 bits per heavy atom. The van der Waals surface area contributed by atoms with Gasteiger partial charge >= 0.3 is 5.97 Å². The molecule has 1 unspecified atom stereocenters. The lowest BCUT2D eigenvalue weighted by Gasteiger charge is -2.33. The van der Waals surface area contributed by atoms with Crippen molar-refractivity contribution >= 4 is 16.0 Å². The smallest absolute Gasteiger partial charge is 0.323 e. The highest BCUT2D eigenvalue weighted by molar-refractivity contribution is 7.90. The van der Waals surface area contributed by atoms with E-state index in [1.165, 1.54) is 0 Å². The summed E-state index contributed by atoms with van der Waals surface area (Å²) in [5, 5.41) is 7.11. The minimum absolute atomic E-state index is 0.0304. The van der Waals surface area contributed by atoms with Crippen molar-refractivity contribution in [3.05, 3.63) is 0 Å². The van der Waals surface area contributed by atoms with Crippen molar-refractivity contribution in [3.63, 3.8) is 0 Å². The van der Waals surface area contributed by atoms with E-state index in [0.29, 0.717) is 12.8 Å². The first-order valence-corrected chi connectivity index (χ1v) is 5.87. The Labute approximate surface area is 82.5 Å². The summed E-state index contributed by atoms with van der Waals surface area (Å²) in [5.41, 5.74) is 5.47. The van der Waals surface area contributed by atoms with E-state index in [9.17, 15) is 13.2 Å². The average Bonchev–Trinajstić information content (AvgIpc) is 1.99. The SMILES string of the molecule is CC(C(=O)O)S(=O)(=O)NC1CC(N)C1. The van der Waals surface area contributed by atoms with Gasteiger partial charge < -0.3 is 10.8 Å². The third kappa shape index (κ3) is 2.43. The Morgan fingerprint density at radius 3 is 2.43 bits per heavy atom. The summed E-state index contributed by atoms with van der Waals surface area (Å²) in [5.74, 6) is -1.35. The lowest BCUT2D eigenvalue weighted by atomic mass is 9.89. The molecule has 1 fully saturated rings. The number of carboxylic acids is 1. The van der Waals surface area contributed by atoms with E-state index < -0.39 is 21.2 Å². The van der Waals surface area contributed by atoms with Crippen molar-refractivity contribution in [2.24, 2.45) is 5.73 Å². The van der Waals surface area contributed by atoms with Crippen molar-refractivity contribution in [1.82, 2.24) is 4.72 Å². The van der Waals surface area contributed by atoms with Gasteiger partial charge in [0.2, 0.25) is 10.0 Å². The number of carbonyl (C=O) groups is 1. The van der Waals surface area contributed by atoms with Crippen LogP contribution in [0.15, 0.2) is 0 Å². The second-order valence-corrected chi connectivity index (χ2v) is 5.60. The van der Waals surface area contributed by atoms with E-state index in [2.05, 4.69) is 4.72 Å². The van der Waals surface area contributed by atoms with Gasteiger partial charge in [-0.2, -0.15) is 0 Å². The summed E-state index contributed by atoms with van der Waals surface area (Å²) in [6.07, 6.45) is 1.15. The lowest BCUT2D eigenvalue weighted by Crippen LogP contribution is -2.52. The maximum Gasteiger partial charge on any atom is 0.323 e. The van der Waals surface area contributed by atoms with Gasteiger partial charge in [0.05, 0.1) is 0 Å². The van der Waals surface area contributed by atoms with Crippen molar-refractivity contribution in [1.29, 1.82) is 0 Å². The first-order valence-electron chi connectivity index (χ1n) is 4.32. The number of hydrogen-bond acceptors (Lipinski definition) is 4. The van der Waals surface area contributed by atoms with Crippen molar-refractivity contribution in [3.8, 4) is 0 Å².